The SMILES string of the molecule is O=S(=O)(O)CCN(CCS(=O)(=O)O)Cc1cccc(CN(CCS(=O)(=O)O)CCS(=O)(=O)O)c1. The summed E-state index contributed by atoms with van der Waals surface area (Å²) in [7, 11) is -17.3. The Bertz CT molecular complexity index is 1060. The van der Waals surface area contributed by atoms with Crippen molar-refractivity contribution in [3.63, 3.8) is 0 Å². The average Bonchev–Trinajstić information content (AvgIpc) is 2.64. The van der Waals surface area contributed by atoms with Crippen molar-refractivity contribution in [3.05, 3.63) is 35.4 Å². The van der Waals surface area contributed by atoms with Gasteiger partial charge in [-0.25, -0.2) is 0 Å². The molecule has 0 spiro atoms. The molecule has 4 N–H and O–H groups in total. The number of hydrogen-bond donors (Lipinski definition) is 4. The van der Waals surface area contributed by atoms with E-state index in [2.05, 4.69) is 0 Å². The topological polar surface area (TPSA) is 224 Å². The van der Waals surface area contributed by atoms with Crippen LogP contribution in [-0.2, 0) is 53.6 Å². The molecule has 34 heavy (non-hydrogen) atoms. The van der Waals surface area contributed by atoms with Crippen LogP contribution in [0.2, 0.25) is 0 Å². The maximum Gasteiger partial charge on any atom is 0.266 e. The fourth-order valence-corrected chi connectivity index (χ4v) is 4.82. The highest BCUT2D eigenvalue weighted by atomic mass is 32.2. The third-order valence-electron chi connectivity index (χ3n) is 4.47. The summed E-state index contributed by atoms with van der Waals surface area (Å²) in [4.78, 5) is 2.77. The monoisotopic (exact) mass is 568 g/mol. The lowest BCUT2D eigenvalue weighted by Gasteiger charge is -2.23. The molecule has 0 radical (unpaired) electrons. The van der Waals surface area contributed by atoms with E-state index in [-0.39, 0.29) is 39.3 Å². The lowest BCUT2D eigenvalue weighted by atomic mass is 10.1. The van der Waals surface area contributed by atoms with E-state index >= 15 is 0 Å². The van der Waals surface area contributed by atoms with E-state index in [1.165, 1.54) is 9.80 Å². The molecule has 1 aromatic rings. The first kappa shape index (κ1) is 30.8. The Morgan fingerprint density at radius 1 is 0.529 bits per heavy atom. The predicted octanol–water partition coefficient (Wildman–Crippen LogP) is -1.16. The predicted molar refractivity (Wildman–Crippen MR) is 123 cm³/mol. The molecule has 0 aromatic heterocycles. The van der Waals surface area contributed by atoms with E-state index in [0.29, 0.717) is 11.1 Å². The van der Waals surface area contributed by atoms with Gasteiger partial charge in [0.2, 0.25) is 0 Å². The van der Waals surface area contributed by atoms with Gasteiger partial charge in [-0.15, -0.1) is 0 Å². The summed E-state index contributed by atoms with van der Waals surface area (Å²) in [5.74, 6) is -2.68. The Labute approximate surface area is 199 Å². The van der Waals surface area contributed by atoms with Crippen LogP contribution in [0.15, 0.2) is 24.3 Å². The molecule has 0 saturated carbocycles. The van der Waals surface area contributed by atoms with Crippen LogP contribution in [0.25, 0.3) is 0 Å². The highest BCUT2D eigenvalue weighted by Crippen LogP contribution is 2.12. The molecule has 0 amide bonds. The standard InChI is InChI=1S/C16H28N2O12S4/c19-31(20,21)8-4-17(5-9-32(22,23)24)13-15-2-1-3-16(12-15)14-18(6-10-33(25,26)27)7-11-34(28,29)30/h1-3,12H,4-11,13-14H2,(H,19,20,21)(H,22,23,24)(H,25,26,27)(H,28,29,30). The van der Waals surface area contributed by atoms with Gasteiger partial charge in [-0.3, -0.25) is 28.0 Å². The first-order valence-electron chi connectivity index (χ1n) is 9.64. The summed E-state index contributed by atoms with van der Waals surface area (Å²) >= 11 is 0. The Balaban J connectivity index is 3.00. The van der Waals surface area contributed by atoms with E-state index in [1.54, 1.807) is 24.3 Å². The van der Waals surface area contributed by atoms with Crippen molar-refractivity contribution in [1.29, 1.82) is 0 Å². The van der Waals surface area contributed by atoms with Crippen molar-refractivity contribution in [3.8, 4) is 0 Å². The number of hydrogen-bond acceptors (Lipinski definition) is 10. The van der Waals surface area contributed by atoms with E-state index in [0.717, 1.165) is 0 Å². The number of rotatable bonds is 16. The van der Waals surface area contributed by atoms with Crippen LogP contribution in [-0.4, -0.2) is 111 Å². The van der Waals surface area contributed by atoms with Crippen molar-refractivity contribution in [2.45, 2.75) is 13.1 Å². The molecule has 1 rings (SSSR count). The highest BCUT2D eigenvalue weighted by Gasteiger charge is 2.17. The Hall–Kier alpha value is -1.22. The molecule has 0 aliphatic carbocycles. The molecule has 0 fully saturated rings. The first-order valence-corrected chi connectivity index (χ1v) is 16.1. The van der Waals surface area contributed by atoms with Crippen LogP contribution in [0, 0.1) is 0 Å². The van der Waals surface area contributed by atoms with Crippen LogP contribution < -0.4 is 0 Å². The van der Waals surface area contributed by atoms with Gasteiger partial charge in [-0.2, -0.15) is 33.7 Å². The van der Waals surface area contributed by atoms with Gasteiger partial charge in [-0.05, 0) is 11.1 Å². The molecular formula is C16H28N2O12S4. The molecule has 0 aliphatic rings. The van der Waals surface area contributed by atoms with Crippen LogP contribution in [0.5, 0.6) is 0 Å². The first-order chi connectivity index (χ1) is 15.3. The Morgan fingerprint density at radius 2 is 0.794 bits per heavy atom. The van der Waals surface area contributed by atoms with Crippen LogP contribution >= 0.6 is 0 Å². The van der Waals surface area contributed by atoms with Crippen LogP contribution in [0.4, 0.5) is 0 Å². The van der Waals surface area contributed by atoms with Gasteiger partial charge in [0.25, 0.3) is 40.5 Å². The third kappa shape index (κ3) is 16.4. The highest BCUT2D eigenvalue weighted by molar-refractivity contribution is 7.86. The van der Waals surface area contributed by atoms with E-state index in [1.807, 2.05) is 0 Å². The van der Waals surface area contributed by atoms with Crippen molar-refractivity contribution in [2.24, 2.45) is 0 Å². The average molecular weight is 569 g/mol. The van der Waals surface area contributed by atoms with Crippen LogP contribution in [0.3, 0.4) is 0 Å². The zero-order valence-corrected chi connectivity index (χ0v) is 21.2. The molecule has 0 heterocycles. The minimum atomic E-state index is -4.33. The molecule has 0 aliphatic heterocycles. The van der Waals surface area contributed by atoms with Gasteiger partial charge in [0.15, 0.2) is 0 Å². The number of nitrogens with zero attached hydrogens (tertiary/aromatic N) is 2. The van der Waals surface area contributed by atoms with Gasteiger partial charge in [-0.1, -0.05) is 24.3 Å². The molecular weight excluding hydrogens is 540 g/mol. The molecule has 0 saturated heterocycles. The molecule has 14 nitrogen and oxygen atoms in total. The minimum Gasteiger partial charge on any atom is -0.297 e. The van der Waals surface area contributed by atoms with Gasteiger partial charge < -0.3 is 0 Å². The normalized spacial score (nSPS) is 13.6. The zero-order valence-electron chi connectivity index (χ0n) is 18.0. The summed E-state index contributed by atoms with van der Waals surface area (Å²) in [6.45, 7) is -0.842. The van der Waals surface area contributed by atoms with E-state index in [9.17, 15) is 33.7 Å². The van der Waals surface area contributed by atoms with Gasteiger partial charge in [0.1, 0.15) is 0 Å². The smallest absolute Gasteiger partial charge is 0.266 e. The second-order valence-electron chi connectivity index (χ2n) is 7.52. The zero-order chi connectivity index (χ0) is 26.2. The second kappa shape index (κ2) is 12.7. The van der Waals surface area contributed by atoms with Crippen molar-refractivity contribution in [1.82, 2.24) is 9.80 Å². The summed E-state index contributed by atoms with van der Waals surface area (Å²) in [5.41, 5.74) is 1.15. The fourth-order valence-electron chi connectivity index (χ4n) is 2.86. The van der Waals surface area contributed by atoms with Crippen molar-refractivity contribution >= 4 is 40.5 Å². The maximum absolute atomic E-state index is 11.1. The van der Waals surface area contributed by atoms with Crippen LogP contribution in [0.1, 0.15) is 11.1 Å². The van der Waals surface area contributed by atoms with Crippen molar-refractivity contribution in [2.75, 3.05) is 49.2 Å². The summed E-state index contributed by atoms with van der Waals surface area (Å²) < 4.78 is 124. The Morgan fingerprint density at radius 3 is 1.03 bits per heavy atom. The Kier molecular flexibility index (Phi) is 11.5. The lowest BCUT2D eigenvalue weighted by molar-refractivity contribution is 0.288. The quantitative estimate of drug-likeness (QED) is 0.173. The summed E-state index contributed by atoms with van der Waals surface area (Å²) in [6.07, 6.45) is 0. The van der Waals surface area contributed by atoms with Gasteiger partial charge in [0, 0.05) is 39.3 Å². The van der Waals surface area contributed by atoms with Gasteiger partial charge in [0.05, 0.1) is 23.0 Å². The second-order valence-corrected chi connectivity index (χ2v) is 13.8. The molecule has 198 valence electrons. The summed E-state index contributed by atoms with van der Waals surface area (Å²) in [5, 5.41) is 0. The maximum atomic E-state index is 11.1. The van der Waals surface area contributed by atoms with E-state index in [4.69, 9.17) is 18.2 Å². The molecule has 0 atom stereocenters. The molecule has 0 bridgehead atoms. The van der Waals surface area contributed by atoms with Gasteiger partial charge >= 0.3 is 0 Å². The minimum absolute atomic E-state index is 0.0366. The lowest BCUT2D eigenvalue weighted by Crippen LogP contribution is -2.34. The summed E-state index contributed by atoms with van der Waals surface area (Å²) in [6, 6.07) is 6.51. The van der Waals surface area contributed by atoms with E-state index < -0.39 is 63.5 Å². The third-order valence-corrected chi connectivity index (χ3v) is 7.26. The number of benzene rings is 1. The molecule has 1 aromatic carbocycles. The molecule has 0 unspecified atom stereocenters. The largest absolute Gasteiger partial charge is 0.297 e. The van der Waals surface area contributed by atoms with Crippen molar-refractivity contribution < 1.29 is 51.9 Å². The fraction of sp³-hybridized carbons (Fsp3) is 0.625. The molecule has 18 heteroatoms.